The van der Waals surface area contributed by atoms with Gasteiger partial charge in [-0.25, -0.2) is 8.78 Å². The van der Waals surface area contributed by atoms with Gasteiger partial charge in [-0.2, -0.15) is 0 Å². The Morgan fingerprint density at radius 3 is 2.67 bits per heavy atom. The highest BCUT2D eigenvalue weighted by Crippen LogP contribution is 2.52. The fraction of sp³-hybridized carbons (Fsp3) is 0.571. The van der Waals surface area contributed by atoms with E-state index in [0.29, 0.717) is 17.4 Å². The van der Waals surface area contributed by atoms with Crippen molar-refractivity contribution in [3.63, 3.8) is 0 Å². The first-order chi connectivity index (χ1) is 8.69. The van der Waals surface area contributed by atoms with E-state index in [4.69, 9.17) is 5.84 Å². The quantitative estimate of drug-likeness (QED) is 0.641. The van der Waals surface area contributed by atoms with Crippen molar-refractivity contribution in [2.24, 2.45) is 23.6 Å². The van der Waals surface area contributed by atoms with Crippen LogP contribution < -0.4 is 11.3 Å². The highest BCUT2D eigenvalue weighted by atomic mass is 19.1. The Morgan fingerprint density at radius 2 is 2.06 bits per heavy atom. The van der Waals surface area contributed by atoms with Gasteiger partial charge in [0, 0.05) is 5.56 Å². The summed E-state index contributed by atoms with van der Waals surface area (Å²) in [7, 11) is 0. The number of nitrogens with one attached hydrogen (secondary N) is 1. The lowest BCUT2D eigenvalue weighted by Crippen LogP contribution is -2.36. The lowest BCUT2D eigenvalue weighted by molar-refractivity contribution is 0.247. The molecule has 1 aromatic rings. The van der Waals surface area contributed by atoms with Gasteiger partial charge in [0.15, 0.2) is 0 Å². The molecule has 2 bridgehead atoms. The Balaban J connectivity index is 1.90. The summed E-state index contributed by atoms with van der Waals surface area (Å²) in [6.45, 7) is 0. The highest BCUT2D eigenvalue weighted by Gasteiger charge is 2.43. The number of fused-ring (bicyclic) bond motifs is 2. The SMILES string of the molecule is NNC(c1cc(F)ccc1F)C1CC2CCC1C2. The zero-order valence-corrected chi connectivity index (χ0v) is 10.2. The molecule has 1 aromatic carbocycles. The molecule has 18 heavy (non-hydrogen) atoms. The molecule has 0 saturated heterocycles. The fourth-order valence-corrected chi connectivity index (χ4v) is 3.90. The Morgan fingerprint density at radius 1 is 1.22 bits per heavy atom. The molecule has 98 valence electrons. The highest BCUT2D eigenvalue weighted by molar-refractivity contribution is 5.24. The van der Waals surface area contributed by atoms with Gasteiger partial charge in [-0.3, -0.25) is 11.3 Å². The smallest absolute Gasteiger partial charge is 0.128 e. The first-order valence-electron chi connectivity index (χ1n) is 6.60. The lowest BCUT2D eigenvalue weighted by atomic mass is 9.80. The molecule has 0 amide bonds. The van der Waals surface area contributed by atoms with Crippen molar-refractivity contribution >= 4 is 0 Å². The van der Waals surface area contributed by atoms with Crippen molar-refractivity contribution < 1.29 is 8.78 Å². The van der Waals surface area contributed by atoms with Crippen LogP contribution in [0, 0.1) is 29.4 Å². The predicted octanol–water partition coefficient (Wildman–Crippen LogP) is 2.91. The molecule has 2 aliphatic carbocycles. The van der Waals surface area contributed by atoms with Gasteiger partial charge in [0.25, 0.3) is 0 Å². The minimum absolute atomic E-state index is 0.268. The van der Waals surface area contributed by atoms with Crippen LogP contribution >= 0.6 is 0 Å². The van der Waals surface area contributed by atoms with E-state index in [1.165, 1.54) is 31.4 Å². The third-order valence-electron chi connectivity index (χ3n) is 4.69. The van der Waals surface area contributed by atoms with Crippen LogP contribution in [0.4, 0.5) is 8.78 Å². The summed E-state index contributed by atoms with van der Waals surface area (Å²) in [4.78, 5) is 0. The largest absolute Gasteiger partial charge is 0.271 e. The number of nitrogens with two attached hydrogens (primary N) is 1. The van der Waals surface area contributed by atoms with Gasteiger partial charge in [-0.05, 0) is 55.2 Å². The molecule has 0 aliphatic heterocycles. The molecular formula is C14H18F2N2. The van der Waals surface area contributed by atoms with Crippen molar-refractivity contribution in [2.45, 2.75) is 31.7 Å². The summed E-state index contributed by atoms with van der Waals surface area (Å²) >= 11 is 0. The number of hydrogen-bond donors (Lipinski definition) is 2. The maximum atomic E-state index is 13.8. The number of halogens is 2. The molecule has 2 aliphatic rings. The van der Waals surface area contributed by atoms with Gasteiger partial charge in [-0.1, -0.05) is 6.42 Å². The Hall–Kier alpha value is -1.00. The Labute approximate surface area is 106 Å². The number of benzene rings is 1. The average molecular weight is 252 g/mol. The van der Waals surface area contributed by atoms with Crippen LogP contribution in [0.15, 0.2) is 18.2 Å². The van der Waals surface area contributed by atoms with E-state index in [1.54, 1.807) is 0 Å². The summed E-state index contributed by atoms with van der Waals surface area (Å²) in [5, 5.41) is 0. The minimum Gasteiger partial charge on any atom is -0.271 e. The van der Waals surface area contributed by atoms with Gasteiger partial charge in [0.05, 0.1) is 6.04 Å². The summed E-state index contributed by atoms with van der Waals surface area (Å²) in [5.74, 6) is 6.52. The second-order valence-electron chi connectivity index (χ2n) is 5.65. The van der Waals surface area contributed by atoms with Crippen molar-refractivity contribution in [1.29, 1.82) is 0 Å². The second kappa shape index (κ2) is 4.59. The van der Waals surface area contributed by atoms with Gasteiger partial charge in [-0.15, -0.1) is 0 Å². The molecule has 2 fully saturated rings. The molecule has 4 atom stereocenters. The normalized spacial score (nSPS) is 31.8. The van der Waals surface area contributed by atoms with Crippen molar-refractivity contribution in [2.75, 3.05) is 0 Å². The van der Waals surface area contributed by atoms with Gasteiger partial charge in [0.1, 0.15) is 11.6 Å². The predicted molar refractivity (Wildman–Crippen MR) is 65.4 cm³/mol. The summed E-state index contributed by atoms with van der Waals surface area (Å²) < 4.78 is 27.1. The number of hydrazine groups is 1. The van der Waals surface area contributed by atoms with Crippen molar-refractivity contribution in [3.8, 4) is 0 Å². The van der Waals surface area contributed by atoms with E-state index in [2.05, 4.69) is 5.43 Å². The standard InChI is InChI=1S/C14H18F2N2/c15-10-3-4-13(16)12(7-10)14(18-17)11-6-8-1-2-9(11)5-8/h3-4,7-9,11,14,18H,1-2,5-6,17H2. The van der Waals surface area contributed by atoms with Gasteiger partial charge < -0.3 is 0 Å². The third kappa shape index (κ3) is 1.93. The Kier molecular flexibility index (Phi) is 3.08. The molecular weight excluding hydrogens is 234 g/mol. The van der Waals surface area contributed by atoms with Crippen molar-refractivity contribution in [3.05, 3.63) is 35.4 Å². The van der Waals surface area contributed by atoms with Crippen LogP contribution in [0.1, 0.15) is 37.3 Å². The average Bonchev–Trinajstić information content (AvgIpc) is 2.97. The van der Waals surface area contributed by atoms with E-state index in [1.807, 2.05) is 0 Å². The zero-order chi connectivity index (χ0) is 12.7. The molecule has 2 saturated carbocycles. The monoisotopic (exact) mass is 252 g/mol. The van der Waals surface area contributed by atoms with Crippen LogP contribution in [0.5, 0.6) is 0 Å². The molecule has 0 aromatic heterocycles. The van der Waals surface area contributed by atoms with Crippen LogP contribution in [0.3, 0.4) is 0 Å². The molecule has 2 nitrogen and oxygen atoms in total. The third-order valence-corrected chi connectivity index (χ3v) is 4.69. The molecule has 4 heteroatoms. The van der Waals surface area contributed by atoms with E-state index in [-0.39, 0.29) is 11.9 Å². The maximum Gasteiger partial charge on any atom is 0.128 e. The van der Waals surface area contributed by atoms with Crippen LogP contribution in [0.2, 0.25) is 0 Å². The van der Waals surface area contributed by atoms with Crippen LogP contribution in [-0.4, -0.2) is 0 Å². The molecule has 0 heterocycles. The van der Waals surface area contributed by atoms with E-state index >= 15 is 0 Å². The topological polar surface area (TPSA) is 38.0 Å². The summed E-state index contributed by atoms with van der Waals surface area (Å²) in [5.41, 5.74) is 3.08. The van der Waals surface area contributed by atoms with E-state index in [0.717, 1.165) is 18.4 Å². The number of hydrogen-bond acceptors (Lipinski definition) is 2. The first-order valence-corrected chi connectivity index (χ1v) is 6.60. The molecule has 3 N–H and O–H groups in total. The molecule has 4 unspecified atom stereocenters. The fourth-order valence-electron chi connectivity index (χ4n) is 3.90. The van der Waals surface area contributed by atoms with Crippen molar-refractivity contribution in [1.82, 2.24) is 5.43 Å². The van der Waals surface area contributed by atoms with E-state index in [9.17, 15) is 8.78 Å². The molecule has 0 radical (unpaired) electrons. The zero-order valence-electron chi connectivity index (χ0n) is 10.2. The van der Waals surface area contributed by atoms with Crippen LogP contribution in [-0.2, 0) is 0 Å². The first kappa shape index (κ1) is 12.1. The summed E-state index contributed by atoms with van der Waals surface area (Å²) in [6, 6.07) is 3.33. The molecule has 0 spiro atoms. The second-order valence-corrected chi connectivity index (χ2v) is 5.65. The lowest BCUT2D eigenvalue weighted by Gasteiger charge is -2.30. The molecule has 3 rings (SSSR count). The Bertz CT molecular complexity index is 449. The van der Waals surface area contributed by atoms with E-state index < -0.39 is 5.82 Å². The number of rotatable bonds is 3. The van der Waals surface area contributed by atoms with Gasteiger partial charge in [0.2, 0.25) is 0 Å². The van der Waals surface area contributed by atoms with Crippen LogP contribution in [0.25, 0.3) is 0 Å². The van der Waals surface area contributed by atoms with Gasteiger partial charge >= 0.3 is 0 Å². The minimum atomic E-state index is -0.408. The summed E-state index contributed by atoms with van der Waals surface area (Å²) in [6.07, 6.45) is 4.78. The maximum absolute atomic E-state index is 13.8.